The van der Waals surface area contributed by atoms with Gasteiger partial charge in [0.1, 0.15) is 41.7 Å². The molecular weight excluding hydrogens is 374 g/mol. The molecule has 28 heavy (non-hydrogen) atoms. The van der Waals surface area contributed by atoms with Crippen molar-refractivity contribution < 1.29 is 28.8 Å². The summed E-state index contributed by atoms with van der Waals surface area (Å²) >= 11 is 0. The minimum atomic E-state index is -1.92. The van der Waals surface area contributed by atoms with E-state index in [9.17, 15) is 24.1 Å². The maximum Gasteiger partial charge on any atom is 0.164 e. The molecule has 5 N–H and O–H groups in total. The molecule has 0 amide bonds. The van der Waals surface area contributed by atoms with Gasteiger partial charge in [-0.25, -0.2) is 18.7 Å². The lowest BCUT2D eigenvalue weighted by Gasteiger charge is -2.32. The van der Waals surface area contributed by atoms with Gasteiger partial charge in [-0.1, -0.05) is 6.07 Å². The SMILES string of the molecule is C[C@@](O)(c1ccc(F)c(F)c1)[C@H]1O[C@@H](n2ccc3c(N)ncnc32)C(O)[C@@H]1O. The molecule has 4 rings (SSSR count). The van der Waals surface area contributed by atoms with Crippen LogP contribution in [0.25, 0.3) is 11.0 Å². The van der Waals surface area contributed by atoms with Crippen LogP contribution in [-0.2, 0) is 10.3 Å². The summed E-state index contributed by atoms with van der Waals surface area (Å²) in [7, 11) is 0. The first kappa shape index (κ1) is 18.7. The Hall–Kier alpha value is -2.66. The van der Waals surface area contributed by atoms with Crippen LogP contribution in [0.4, 0.5) is 14.6 Å². The Kier molecular flexibility index (Phi) is 4.31. The van der Waals surface area contributed by atoms with E-state index >= 15 is 0 Å². The molecule has 5 atom stereocenters. The van der Waals surface area contributed by atoms with E-state index in [1.165, 1.54) is 23.9 Å². The molecule has 0 aliphatic carbocycles. The highest BCUT2D eigenvalue weighted by Crippen LogP contribution is 2.40. The van der Waals surface area contributed by atoms with Gasteiger partial charge < -0.3 is 30.4 Å². The largest absolute Gasteiger partial charge is 0.387 e. The van der Waals surface area contributed by atoms with E-state index in [0.717, 1.165) is 12.1 Å². The first-order chi connectivity index (χ1) is 13.2. The number of fused-ring (bicyclic) bond motifs is 1. The zero-order chi connectivity index (χ0) is 20.2. The molecule has 1 aliphatic rings. The molecule has 3 heterocycles. The summed E-state index contributed by atoms with van der Waals surface area (Å²) in [5, 5.41) is 32.5. The third-order valence-electron chi connectivity index (χ3n) is 5.11. The highest BCUT2D eigenvalue weighted by Gasteiger charge is 2.52. The van der Waals surface area contributed by atoms with Crippen LogP contribution in [0.1, 0.15) is 18.7 Å². The van der Waals surface area contributed by atoms with Gasteiger partial charge in [-0.05, 0) is 30.7 Å². The average Bonchev–Trinajstić information content (AvgIpc) is 3.20. The van der Waals surface area contributed by atoms with Gasteiger partial charge in [-0.2, -0.15) is 0 Å². The Morgan fingerprint density at radius 1 is 1.14 bits per heavy atom. The number of rotatable bonds is 3. The maximum atomic E-state index is 13.6. The number of nitrogen functional groups attached to an aromatic ring is 1. The van der Waals surface area contributed by atoms with Crippen molar-refractivity contribution in [1.82, 2.24) is 14.5 Å². The summed E-state index contributed by atoms with van der Waals surface area (Å²) in [5.41, 5.74) is 4.25. The van der Waals surface area contributed by atoms with E-state index in [1.54, 1.807) is 12.3 Å². The van der Waals surface area contributed by atoms with Gasteiger partial charge >= 0.3 is 0 Å². The molecule has 0 saturated carbocycles. The Bertz CT molecular complexity index is 1040. The Morgan fingerprint density at radius 3 is 2.61 bits per heavy atom. The standard InChI is InChI=1S/C18H18F2N4O4/c1-18(27,8-2-3-10(19)11(20)6-8)14-12(25)13(26)17(28-14)24-5-4-9-15(21)22-7-23-16(9)24/h2-7,12-14,17,25-27H,1H3,(H2,21,22,23)/t12-,13?,14-,17+,18+/m0/s1. The van der Waals surface area contributed by atoms with Crippen molar-refractivity contribution in [2.24, 2.45) is 0 Å². The van der Waals surface area contributed by atoms with Gasteiger partial charge in [0.15, 0.2) is 17.9 Å². The lowest BCUT2D eigenvalue weighted by atomic mass is 9.86. The second-order valence-electron chi connectivity index (χ2n) is 6.92. The fourth-order valence-electron chi connectivity index (χ4n) is 3.53. The number of anilines is 1. The van der Waals surface area contributed by atoms with Crippen LogP contribution in [-0.4, -0.2) is 48.2 Å². The Morgan fingerprint density at radius 2 is 1.89 bits per heavy atom. The summed E-state index contributed by atoms with van der Waals surface area (Å²) in [6.07, 6.45) is -2.54. The molecule has 148 valence electrons. The lowest BCUT2D eigenvalue weighted by molar-refractivity contribution is -0.136. The summed E-state index contributed by atoms with van der Waals surface area (Å²) in [6.45, 7) is 1.29. The highest BCUT2D eigenvalue weighted by atomic mass is 19.2. The highest BCUT2D eigenvalue weighted by molar-refractivity contribution is 5.86. The van der Waals surface area contributed by atoms with Gasteiger partial charge in [-0.15, -0.1) is 0 Å². The first-order valence-corrected chi connectivity index (χ1v) is 8.48. The van der Waals surface area contributed by atoms with E-state index < -0.39 is 41.8 Å². The fourth-order valence-corrected chi connectivity index (χ4v) is 3.53. The number of aliphatic hydroxyl groups is 3. The van der Waals surface area contributed by atoms with Gasteiger partial charge in [-0.3, -0.25) is 0 Å². The maximum absolute atomic E-state index is 13.6. The number of hydrogen-bond donors (Lipinski definition) is 4. The van der Waals surface area contributed by atoms with Crippen molar-refractivity contribution in [2.75, 3.05) is 5.73 Å². The summed E-state index contributed by atoms with van der Waals surface area (Å²) in [6, 6.07) is 4.51. The molecule has 0 bridgehead atoms. The molecule has 3 aromatic rings. The molecular formula is C18H18F2N4O4. The van der Waals surface area contributed by atoms with Crippen molar-refractivity contribution >= 4 is 16.9 Å². The van der Waals surface area contributed by atoms with E-state index in [0.29, 0.717) is 11.0 Å². The molecule has 0 radical (unpaired) electrons. The van der Waals surface area contributed by atoms with Crippen molar-refractivity contribution in [2.45, 2.75) is 37.1 Å². The van der Waals surface area contributed by atoms with Crippen LogP contribution in [0.3, 0.4) is 0 Å². The average molecular weight is 392 g/mol. The van der Waals surface area contributed by atoms with E-state index in [-0.39, 0.29) is 11.4 Å². The topological polar surface area (TPSA) is 127 Å². The summed E-state index contributed by atoms with van der Waals surface area (Å²) < 4.78 is 34.1. The first-order valence-electron chi connectivity index (χ1n) is 8.48. The smallest absolute Gasteiger partial charge is 0.164 e. The monoisotopic (exact) mass is 392 g/mol. The quantitative estimate of drug-likeness (QED) is 0.520. The minimum Gasteiger partial charge on any atom is -0.387 e. The third-order valence-corrected chi connectivity index (χ3v) is 5.11. The van der Waals surface area contributed by atoms with Crippen LogP contribution in [0.2, 0.25) is 0 Å². The van der Waals surface area contributed by atoms with Gasteiger partial charge in [0.25, 0.3) is 0 Å². The molecule has 2 aromatic heterocycles. The number of hydrogen-bond acceptors (Lipinski definition) is 7. The van der Waals surface area contributed by atoms with Crippen molar-refractivity contribution in [3.63, 3.8) is 0 Å². The number of benzene rings is 1. The second-order valence-corrected chi connectivity index (χ2v) is 6.92. The minimum absolute atomic E-state index is 0.00719. The zero-order valence-electron chi connectivity index (χ0n) is 14.7. The number of ether oxygens (including phenoxy) is 1. The normalized spacial score (nSPS) is 27.2. The fraction of sp³-hybridized carbons (Fsp3) is 0.333. The molecule has 1 fully saturated rings. The lowest BCUT2D eigenvalue weighted by Crippen LogP contribution is -2.45. The number of nitrogens with two attached hydrogens (primary N) is 1. The molecule has 1 aromatic carbocycles. The second kappa shape index (κ2) is 6.45. The molecule has 1 unspecified atom stereocenters. The molecule has 1 saturated heterocycles. The van der Waals surface area contributed by atoms with Gasteiger partial charge in [0, 0.05) is 6.20 Å². The number of halogens is 2. The van der Waals surface area contributed by atoms with E-state index in [4.69, 9.17) is 10.5 Å². The van der Waals surface area contributed by atoms with Crippen molar-refractivity contribution in [3.8, 4) is 0 Å². The molecule has 1 aliphatic heterocycles. The van der Waals surface area contributed by atoms with Crippen LogP contribution in [0, 0.1) is 11.6 Å². The zero-order valence-corrected chi connectivity index (χ0v) is 14.7. The number of nitrogens with zero attached hydrogens (tertiary/aromatic N) is 3. The van der Waals surface area contributed by atoms with Crippen LogP contribution < -0.4 is 5.73 Å². The predicted octanol–water partition coefficient (Wildman–Crippen LogP) is 0.819. The van der Waals surface area contributed by atoms with E-state index in [1.807, 2.05) is 0 Å². The summed E-state index contributed by atoms with van der Waals surface area (Å²) in [5.74, 6) is -1.98. The number of aliphatic hydroxyl groups excluding tert-OH is 2. The Balaban J connectivity index is 1.71. The molecule has 0 spiro atoms. The van der Waals surface area contributed by atoms with Crippen molar-refractivity contribution in [1.29, 1.82) is 0 Å². The van der Waals surface area contributed by atoms with Crippen molar-refractivity contribution in [3.05, 3.63) is 54.0 Å². The van der Waals surface area contributed by atoms with Gasteiger partial charge in [0.05, 0.1) is 5.39 Å². The van der Waals surface area contributed by atoms with Crippen LogP contribution in [0.15, 0.2) is 36.8 Å². The predicted molar refractivity (Wildman–Crippen MR) is 93.8 cm³/mol. The Labute approximate surface area is 157 Å². The molecule has 8 nitrogen and oxygen atoms in total. The number of aromatic nitrogens is 3. The molecule has 10 heteroatoms. The third kappa shape index (κ3) is 2.73. The summed E-state index contributed by atoms with van der Waals surface area (Å²) in [4.78, 5) is 8.00. The van der Waals surface area contributed by atoms with Gasteiger partial charge in [0.2, 0.25) is 0 Å². The van der Waals surface area contributed by atoms with Crippen LogP contribution >= 0.6 is 0 Å². The van der Waals surface area contributed by atoms with E-state index in [2.05, 4.69) is 9.97 Å². The van der Waals surface area contributed by atoms with Crippen LogP contribution in [0.5, 0.6) is 0 Å².